The number of ether oxygens (including phenoxy) is 2. The summed E-state index contributed by atoms with van der Waals surface area (Å²) in [5.41, 5.74) is 6.51. The van der Waals surface area contributed by atoms with E-state index in [4.69, 9.17) is 19.6 Å². The monoisotopic (exact) mass is 247 g/mol. The molecule has 0 aliphatic carbocycles. The third kappa shape index (κ3) is 2.09. The van der Waals surface area contributed by atoms with Crippen LogP contribution in [0.25, 0.3) is 11.0 Å². The molecule has 2 heterocycles. The highest BCUT2D eigenvalue weighted by atomic mass is 16.5. The molecule has 1 aliphatic rings. The Morgan fingerprint density at radius 3 is 3.00 bits per heavy atom. The normalized spacial score (nSPS) is 19.5. The van der Waals surface area contributed by atoms with E-state index in [2.05, 4.69) is 0 Å². The van der Waals surface area contributed by atoms with Gasteiger partial charge in [-0.2, -0.15) is 0 Å². The van der Waals surface area contributed by atoms with E-state index in [0.717, 1.165) is 36.2 Å². The fraction of sp³-hybridized carbons (Fsp3) is 0.429. The van der Waals surface area contributed by atoms with Gasteiger partial charge in [0.05, 0.1) is 18.0 Å². The van der Waals surface area contributed by atoms with Crippen LogP contribution in [0.5, 0.6) is 5.75 Å². The van der Waals surface area contributed by atoms with E-state index in [-0.39, 0.29) is 6.10 Å². The largest absolute Gasteiger partial charge is 0.486 e. The summed E-state index contributed by atoms with van der Waals surface area (Å²) in [6, 6.07) is 7.82. The van der Waals surface area contributed by atoms with E-state index < -0.39 is 0 Å². The molecule has 2 N–H and O–H groups in total. The van der Waals surface area contributed by atoms with E-state index >= 15 is 0 Å². The van der Waals surface area contributed by atoms with Gasteiger partial charge >= 0.3 is 0 Å². The SMILES string of the molecule is NCc1oc2ccccc2c1OCC1CCCO1. The Hall–Kier alpha value is -1.52. The Morgan fingerprint density at radius 2 is 2.22 bits per heavy atom. The van der Waals surface area contributed by atoms with Crippen molar-refractivity contribution in [2.45, 2.75) is 25.5 Å². The lowest BCUT2D eigenvalue weighted by Crippen LogP contribution is -2.16. The highest BCUT2D eigenvalue weighted by Gasteiger charge is 2.19. The van der Waals surface area contributed by atoms with Crippen LogP contribution in [0.2, 0.25) is 0 Å². The number of rotatable bonds is 4. The summed E-state index contributed by atoms with van der Waals surface area (Å²) in [4.78, 5) is 0. The summed E-state index contributed by atoms with van der Waals surface area (Å²) < 4.78 is 17.1. The predicted octanol–water partition coefficient (Wildman–Crippen LogP) is 2.45. The molecule has 2 aromatic rings. The number of fused-ring (bicyclic) bond motifs is 1. The average Bonchev–Trinajstić information content (AvgIpc) is 3.03. The third-order valence-corrected chi connectivity index (χ3v) is 3.24. The van der Waals surface area contributed by atoms with Gasteiger partial charge in [0.1, 0.15) is 12.2 Å². The van der Waals surface area contributed by atoms with Gasteiger partial charge in [-0.1, -0.05) is 12.1 Å². The van der Waals surface area contributed by atoms with Crippen LogP contribution in [-0.4, -0.2) is 19.3 Å². The lowest BCUT2D eigenvalue weighted by Gasteiger charge is -2.11. The minimum atomic E-state index is 0.198. The molecule has 1 aliphatic heterocycles. The number of hydrogen-bond acceptors (Lipinski definition) is 4. The summed E-state index contributed by atoms with van der Waals surface area (Å²) in [6.07, 6.45) is 2.38. The van der Waals surface area contributed by atoms with Crippen molar-refractivity contribution in [3.8, 4) is 5.75 Å². The molecule has 96 valence electrons. The molecule has 1 saturated heterocycles. The van der Waals surface area contributed by atoms with Gasteiger partial charge in [0.25, 0.3) is 0 Å². The van der Waals surface area contributed by atoms with E-state index in [1.165, 1.54) is 0 Å². The molecule has 1 fully saturated rings. The lowest BCUT2D eigenvalue weighted by molar-refractivity contribution is 0.0677. The number of benzene rings is 1. The Kier molecular flexibility index (Phi) is 3.21. The van der Waals surface area contributed by atoms with Crippen molar-refractivity contribution in [2.75, 3.05) is 13.2 Å². The summed E-state index contributed by atoms with van der Waals surface area (Å²) in [5, 5.41) is 0.982. The number of furan rings is 1. The molecule has 18 heavy (non-hydrogen) atoms. The maximum absolute atomic E-state index is 5.87. The van der Waals surface area contributed by atoms with Crippen LogP contribution in [-0.2, 0) is 11.3 Å². The summed E-state index contributed by atoms with van der Waals surface area (Å²) >= 11 is 0. The van der Waals surface area contributed by atoms with Gasteiger partial charge in [-0.05, 0) is 25.0 Å². The molecule has 4 nitrogen and oxygen atoms in total. The second kappa shape index (κ2) is 5.00. The highest BCUT2D eigenvalue weighted by Crippen LogP contribution is 2.33. The zero-order valence-electron chi connectivity index (χ0n) is 10.2. The van der Waals surface area contributed by atoms with Gasteiger partial charge in [-0.3, -0.25) is 0 Å². The maximum Gasteiger partial charge on any atom is 0.169 e. The second-order valence-electron chi connectivity index (χ2n) is 4.50. The van der Waals surface area contributed by atoms with Crippen molar-refractivity contribution in [1.29, 1.82) is 0 Å². The van der Waals surface area contributed by atoms with Crippen molar-refractivity contribution in [1.82, 2.24) is 0 Å². The molecule has 4 heteroatoms. The Morgan fingerprint density at radius 1 is 1.33 bits per heavy atom. The minimum absolute atomic E-state index is 0.198. The van der Waals surface area contributed by atoms with Crippen LogP contribution < -0.4 is 10.5 Å². The molecular formula is C14H17NO3. The molecule has 1 aromatic heterocycles. The van der Waals surface area contributed by atoms with E-state index in [0.29, 0.717) is 18.9 Å². The first-order valence-corrected chi connectivity index (χ1v) is 6.33. The smallest absolute Gasteiger partial charge is 0.169 e. The summed E-state index contributed by atoms with van der Waals surface area (Å²) in [5.74, 6) is 1.47. The molecule has 0 spiro atoms. The van der Waals surface area contributed by atoms with Crippen LogP contribution in [0.4, 0.5) is 0 Å². The maximum atomic E-state index is 5.87. The standard InChI is InChI=1S/C14H17NO3/c15-8-13-14(17-9-10-4-3-7-16-10)11-5-1-2-6-12(11)18-13/h1-2,5-6,10H,3-4,7-9,15H2. The first-order chi connectivity index (χ1) is 8.88. The fourth-order valence-electron chi connectivity index (χ4n) is 2.32. The van der Waals surface area contributed by atoms with Crippen molar-refractivity contribution in [3.05, 3.63) is 30.0 Å². The fourth-order valence-corrected chi connectivity index (χ4v) is 2.32. The molecule has 0 amide bonds. The Labute approximate surface area is 106 Å². The van der Waals surface area contributed by atoms with Gasteiger partial charge < -0.3 is 19.6 Å². The van der Waals surface area contributed by atoms with Crippen molar-refractivity contribution < 1.29 is 13.9 Å². The molecule has 1 atom stereocenters. The minimum Gasteiger partial charge on any atom is -0.486 e. The van der Waals surface area contributed by atoms with E-state index in [9.17, 15) is 0 Å². The van der Waals surface area contributed by atoms with Crippen LogP contribution >= 0.6 is 0 Å². The molecule has 1 aromatic carbocycles. The molecular weight excluding hydrogens is 230 g/mol. The van der Waals surface area contributed by atoms with Gasteiger partial charge in [-0.15, -0.1) is 0 Å². The number of nitrogens with two attached hydrogens (primary N) is 1. The average molecular weight is 247 g/mol. The number of para-hydroxylation sites is 1. The van der Waals surface area contributed by atoms with E-state index in [1.54, 1.807) is 0 Å². The summed E-state index contributed by atoms with van der Waals surface area (Å²) in [6.45, 7) is 1.75. The highest BCUT2D eigenvalue weighted by molar-refractivity contribution is 5.85. The molecule has 3 rings (SSSR count). The molecule has 0 saturated carbocycles. The lowest BCUT2D eigenvalue weighted by atomic mass is 10.2. The van der Waals surface area contributed by atoms with Crippen LogP contribution in [0, 0.1) is 0 Å². The van der Waals surface area contributed by atoms with Crippen LogP contribution in [0.15, 0.2) is 28.7 Å². The first-order valence-electron chi connectivity index (χ1n) is 6.33. The van der Waals surface area contributed by atoms with Gasteiger partial charge in [0.15, 0.2) is 11.5 Å². The topological polar surface area (TPSA) is 57.6 Å². The number of hydrogen-bond donors (Lipinski definition) is 1. The first kappa shape index (κ1) is 11.6. The molecule has 0 radical (unpaired) electrons. The van der Waals surface area contributed by atoms with Crippen LogP contribution in [0.3, 0.4) is 0 Å². The Balaban J connectivity index is 1.84. The van der Waals surface area contributed by atoms with E-state index in [1.807, 2.05) is 24.3 Å². The zero-order valence-corrected chi connectivity index (χ0v) is 10.2. The quantitative estimate of drug-likeness (QED) is 0.901. The zero-order chi connectivity index (χ0) is 12.4. The Bertz CT molecular complexity index is 529. The second-order valence-corrected chi connectivity index (χ2v) is 4.50. The third-order valence-electron chi connectivity index (χ3n) is 3.24. The van der Waals surface area contributed by atoms with Crippen molar-refractivity contribution in [2.24, 2.45) is 5.73 Å². The van der Waals surface area contributed by atoms with Gasteiger partial charge in [0.2, 0.25) is 0 Å². The van der Waals surface area contributed by atoms with Gasteiger partial charge in [-0.25, -0.2) is 0 Å². The molecule has 1 unspecified atom stereocenters. The molecule has 0 bridgehead atoms. The van der Waals surface area contributed by atoms with Gasteiger partial charge in [0, 0.05) is 6.61 Å². The van der Waals surface area contributed by atoms with Crippen molar-refractivity contribution in [3.63, 3.8) is 0 Å². The van der Waals surface area contributed by atoms with Crippen molar-refractivity contribution >= 4 is 11.0 Å². The summed E-state index contributed by atoms with van der Waals surface area (Å²) in [7, 11) is 0. The predicted molar refractivity (Wildman–Crippen MR) is 68.6 cm³/mol. The van der Waals surface area contributed by atoms with Crippen LogP contribution in [0.1, 0.15) is 18.6 Å².